The highest BCUT2D eigenvalue weighted by Crippen LogP contribution is 2.41. The number of anilines is 1. The van der Waals surface area contributed by atoms with Crippen LogP contribution in [-0.4, -0.2) is 69.1 Å². The molecule has 2 saturated heterocycles. The van der Waals surface area contributed by atoms with E-state index >= 15 is 0 Å². The minimum absolute atomic E-state index is 0.0613. The first kappa shape index (κ1) is 32.2. The second-order valence-electron chi connectivity index (χ2n) is 15.2. The average molecular weight is 645 g/mol. The van der Waals surface area contributed by atoms with E-state index in [1.54, 1.807) is 0 Å². The Hall–Kier alpha value is -3.70. The summed E-state index contributed by atoms with van der Waals surface area (Å²) < 4.78 is 19.7. The van der Waals surface area contributed by atoms with Crippen LogP contribution >= 0.6 is 0 Å². The van der Waals surface area contributed by atoms with Crippen LogP contribution in [0, 0.1) is 20.8 Å². The van der Waals surface area contributed by atoms with Gasteiger partial charge in [0.2, 0.25) is 5.95 Å². The van der Waals surface area contributed by atoms with E-state index in [0.717, 1.165) is 82.2 Å². The SMILES string of the molecule is Cc1cnc(NC2C[C@@H]3CC[C@H]2N3C(=O)OC(C)(C)C)nc1-c1cn(COCC[Si](C)(C)C)c2cc(-c3c(C)noc3C)ccc12. The quantitative estimate of drug-likeness (QED) is 0.145. The highest BCUT2D eigenvalue weighted by molar-refractivity contribution is 6.76. The summed E-state index contributed by atoms with van der Waals surface area (Å²) in [5, 5.41) is 8.87. The standard InChI is InChI=1S/C35H48N6O4Si/c1-21-18-36-33(37-28-17-25-11-13-29(28)41(25)34(42)44-35(4,5)6)38-32(21)27-19-40(20-43-14-15-46(7,8)9)30-16-24(10-12-26(27)30)31-22(2)39-45-23(31)3/h10,12,16,18-19,25,28-29H,11,13-15,17,20H2,1-9H3,(H,36,37,38)/t25-,28?,29+/m0/s1. The molecular weight excluding hydrogens is 597 g/mol. The molecule has 1 N–H and O–H groups in total. The van der Waals surface area contributed by atoms with Crippen molar-refractivity contribution >= 4 is 31.0 Å². The van der Waals surface area contributed by atoms with E-state index in [9.17, 15) is 4.79 Å². The van der Waals surface area contributed by atoms with Crippen molar-refractivity contribution in [2.24, 2.45) is 0 Å². The lowest BCUT2D eigenvalue weighted by Gasteiger charge is -2.28. The predicted octanol–water partition coefficient (Wildman–Crippen LogP) is 7.94. The number of ether oxygens (including phenoxy) is 2. The number of aryl methyl sites for hydroxylation is 3. The third kappa shape index (κ3) is 6.57. The second-order valence-corrected chi connectivity index (χ2v) is 20.8. The maximum Gasteiger partial charge on any atom is 0.410 e. The Morgan fingerprint density at radius 2 is 1.93 bits per heavy atom. The van der Waals surface area contributed by atoms with Gasteiger partial charge in [-0.25, -0.2) is 14.8 Å². The number of rotatable bonds is 9. The monoisotopic (exact) mass is 644 g/mol. The van der Waals surface area contributed by atoms with Crippen LogP contribution in [0.5, 0.6) is 0 Å². The molecule has 10 nitrogen and oxygen atoms in total. The molecule has 2 fully saturated rings. The van der Waals surface area contributed by atoms with Gasteiger partial charge >= 0.3 is 6.09 Å². The molecule has 3 aromatic heterocycles. The zero-order chi connectivity index (χ0) is 33.0. The lowest BCUT2D eigenvalue weighted by Crippen LogP contribution is -2.42. The van der Waals surface area contributed by atoms with E-state index in [0.29, 0.717) is 12.7 Å². The number of amides is 1. The number of carbonyl (C=O) groups excluding carboxylic acids is 1. The van der Waals surface area contributed by atoms with Crippen molar-refractivity contribution in [3.8, 4) is 22.4 Å². The number of hydrogen-bond donors (Lipinski definition) is 1. The average Bonchev–Trinajstić information content (AvgIpc) is 3.72. The minimum Gasteiger partial charge on any atom is -0.444 e. The van der Waals surface area contributed by atoms with Crippen molar-refractivity contribution in [2.75, 3.05) is 11.9 Å². The zero-order valence-corrected chi connectivity index (χ0v) is 29.7. The normalized spacial score (nSPS) is 19.8. The summed E-state index contributed by atoms with van der Waals surface area (Å²) in [6, 6.07) is 7.90. The molecule has 3 atom stereocenters. The predicted molar refractivity (Wildman–Crippen MR) is 184 cm³/mol. The summed E-state index contributed by atoms with van der Waals surface area (Å²) in [5.41, 5.74) is 6.38. The minimum atomic E-state index is -1.21. The molecule has 2 aliphatic rings. The molecule has 0 radical (unpaired) electrons. The molecule has 0 aliphatic carbocycles. The molecule has 5 heterocycles. The first-order chi connectivity index (χ1) is 21.7. The van der Waals surface area contributed by atoms with Crippen molar-refractivity contribution < 1.29 is 18.8 Å². The lowest BCUT2D eigenvalue weighted by molar-refractivity contribution is 0.0214. The van der Waals surface area contributed by atoms with Crippen molar-refractivity contribution in [3.05, 3.63) is 47.6 Å². The molecule has 4 aromatic rings. The van der Waals surface area contributed by atoms with Gasteiger partial charge in [-0.15, -0.1) is 0 Å². The summed E-state index contributed by atoms with van der Waals surface area (Å²) in [6.45, 7) is 20.0. The summed E-state index contributed by atoms with van der Waals surface area (Å²) in [6.07, 6.45) is 6.60. The van der Waals surface area contributed by atoms with Crippen LogP contribution < -0.4 is 5.32 Å². The Kier molecular flexibility index (Phi) is 8.52. The Labute approximate surface area is 272 Å². The van der Waals surface area contributed by atoms with Crippen molar-refractivity contribution in [1.82, 2.24) is 24.6 Å². The van der Waals surface area contributed by atoms with E-state index in [1.807, 2.05) is 52.6 Å². The third-order valence-corrected chi connectivity index (χ3v) is 10.8. The number of fused-ring (bicyclic) bond motifs is 3. The van der Waals surface area contributed by atoms with E-state index in [4.69, 9.17) is 19.0 Å². The Morgan fingerprint density at radius 3 is 2.63 bits per heavy atom. The van der Waals surface area contributed by atoms with E-state index in [1.165, 1.54) is 0 Å². The first-order valence-corrected chi connectivity index (χ1v) is 20.1. The number of nitrogens with one attached hydrogen (secondary N) is 1. The van der Waals surface area contributed by atoms with Gasteiger partial charge in [-0.3, -0.25) is 0 Å². The van der Waals surface area contributed by atoms with Crippen LogP contribution in [0.15, 0.2) is 35.1 Å². The molecule has 2 aliphatic heterocycles. The van der Waals surface area contributed by atoms with E-state index in [2.05, 4.69) is 64.1 Å². The van der Waals surface area contributed by atoms with Crippen LogP contribution in [0.2, 0.25) is 25.7 Å². The first-order valence-electron chi connectivity index (χ1n) is 16.4. The highest BCUT2D eigenvalue weighted by atomic mass is 28.3. The fraction of sp³-hybridized carbons (Fsp3) is 0.543. The number of benzene rings is 1. The molecule has 1 amide bonds. The van der Waals surface area contributed by atoms with Gasteiger partial charge in [0.1, 0.15) is 18.1 Å². The number of nitrogens with zero attached hydrogens (tertiary/aromatic N) is 5. The summed E-state index contributed by atoms with van der Waals surface area (Å²) in [7, 11) is -1.21. The van der Waals surface area contributed by atoms with Crippen molar-refractivity contribution in [1.29, 1.82) is 0 Å². The second kappa shape index (κ2) is 12.1. The van der Waals surface area contributed by atoms with Crippen molar-refractivity contribution in [3.63, 3.8) is 0 Å². The molecule has 0 saturated carbocycles. The van der Waals surface area contributed by atoms with Gasteiger partial charge in [0, 0.05) is 49.6 Å². The molecule has 246 valence electrons. The van der Waals surface area contributed by atoms with E-state index < -0.39 is 13.7 Å². The van der Waals surface area contributed by atoms with E-state index in [-0.39, 0.29) is 24.2 Å². The molecular formula is C35H48N6O4Si. The molecule has 1 aromatic carbocycles. The number of aromatic nitrogens is 4. The molecule has 0 spiro atoms. The van der Waals surface area contributed by atoms with Crippen LogP contribution in [0.4, 0.5) is 10.7 Å². The Balaban J connectivity index is 1.31. The van der Waals surface area contributed by atoms with Crippen LogP contribution in [0.1, 0.15) is 57.1 Å². The molecule has 46 heavy (non-hydrogen) atoms. The van der Waals surface area contributed by atoms with Gasteiger partial charge in [0.05, 0.1) is 29.0 Å². The number of hydrogen-bond acceptors (Lipinski definition) is 8. The smallest absolute Gasteiger partial charge is 0.410 e. The van der Waals surface area contributed by atoms with Crippen LogP contribution in [0.3, 0.4) is 0 Å². The largest absolute Gasteiger partial charge is 0.444 e. The third-order valence-electron chi connectivity index (χ3n) is 9.11. The Bertz CT molecular complexity index is 1730. The highest BCUT2D eigenvalue weighted by Gasteiger charge is 2.50. The molecule has 2 bridgehead atoms. The summed E-state index contributed by atoms with van der Waals surface area (Å²) >= 11 is 0. The summed E-state index contributed by atoms with van der Waals surface area (Å²) in [5.74, 6) is 1.37. The van der Waals surface area contributed by atoms with Gasteiger partial charge in [0.25, 0.3) is 0 Å². The summed E-state index contributed by atoms with van der Waals surface area (Å²) in [4.78, 5) is 24.7. The zero-order valence-electron chi connectivity index (χ0n) is 28.7. The topological polar surface area (TPSA) is 108 Å². The number of carbonyl (C=O) groups is 1. The maximum atomic E-state index is 13.0. The van der Waals surface area contributed by atoms with Gasteiger partial charge < -0.3 is 28.8 Å². The van der Waals surface area contributed by atoms with Gasteiger partial charge in [0.15, 0.2) is 0 Å². The molecule has 6 rings (SSSR count). The van der Waals surface area contributed by atoms with Gasteiger partial charge in [-0.1, -0.05) is 36.9 Å². The maximum absolute atomic E-state index is 13.0. The van der Waals surface area contributed by atoms with Gasteiger partial charge in [-0.05, 0) is 84.0 Å². The molecule has 1 unspecified atom stereocenters. The fourth-order valence-electron chi connectivity index (χ4n) is 6.87. The van der Waals surface area contributed by atoms with Crippen LogP contribution in [-0.2, 0) is 16.2 Å². The van der Waals surface area contributed by atoms with Gasteiger partial charge in [-0.2, -0.15) is 0 Å². The van der Waals surface area contributed by atoms with Crippen LogP contribution in [0.25, 0.3) is 33.3 Å². The Morgan fingerprint density at radius 1 is 1.15 bits per heavy atom. The lowest BCUT2D eigenvalue weighted by atomic mass is 9.96. The van der Waals surface area contributed by atoms with Crippen molar-refractivity contribution in [2.45, 2.75) is 117 Å². The molecule has 11 heteroatoms. The fourth-order valence-corrected chi connectivity index (χ4v) is 7.63.